The molecule has 2 aromatic heterocycles. The van der Waals surface area contributed by atoms with Gasteiger partial charge >= 0.3 is 0 Å². The lowest BCUT2D eigenvalue weighted by molar-refractivity contribution is 0.103. The van der Waals surface area contributed by atoms with E-state index < -0.39 is 0 Å². The zero-order chi connectivity index (χ0) is 20.3. The molecule has 0 aliphatic carbocycles. The van der Waals surface area contributed by atoms with Crippen molar-refractivity contribution < 1.29 is 9.53 Å². The van der Waals surface area contributed by atoms with Gasteiger partial charge in [-0.15, -0.1) is 0 Å². The van der Waals surface area contributed by atoms with Gasteiger partial charge in [0.1, 0.15) is 0 Å². The van der Waals surface area contributed by atoms with Crippen LogP contribution in [-0.4, -0.2) is 33.8 Å². The molecule has 0 saturated heterocycles. The smallest absolute Gasteiger partial charge is 0.266 e. The molecule has 0 spiro atoms. The van der Waals surface area contributed by atoms with Crippen LogP contribution in [0.3, 0.4) is 0 Å². The molecule has 6 nitrogen and oxygen atoms in total. The van der Waals surface area contributed by atoms with Gasteiger partial charge < -0.3 is 9.30 Å². The van der Waals surface area contributed by atoms with Crippen molar-refractivity contribution in [1.82, 2.24) is 14.3 Å². The molecule has 2 heterocycles. The Morgan fingerprint density at radius 2 is 1.89 bits per heavy atom. The van der Waals surface area contributed by atoms with Gasteiger partial charge in [-0.1, -0.05) is 11.6 Å². The Morgan fingerprint density at radius 3 is 2.57 bits per heavy atom. The topological polar surface area (TPSA) is 66.1 Å². The molecule has 0 bridgehead atoms. The van der Waals surface area contributed by atoms with E-state index in [2.05, 4.69) is 5.10 Å². The fraction of sp³-hybridized carbons (Fsp3) is 0.286. The molecule has 146 valence electrons. The quantitative estimate of drug-likeness (QED) is 0.573. The maximum absolute atomic E-state index is 12.9. The summed E-state index contributed by atoms with van der Waals surface area (Å²) in [5.41, 5.74) is 3.64. The minimum Gasteiger partial charge on any atom is -0.383 e. The van der Waals surface area contributed by atoms with Crippen LogP contribution in [0, 0.1) is 6.92 Å². The minimum absolute atomic E-state index is 0.0547. The predicted molar refractivity (Wildman–Crippen MR) is 108 cm³/mol. The molecule has 0 unspecified atom stereocenters. The van der Waals surface area contributed by atoms with Crippen LogP contribution in [0.4, 0.5) is 0 Å². The Labute approximate surface area is 168 Å². The summed E-state index contributed by atoms with van der Waals surface area (Å²) < 4.78 is 8.31. The molecular formula is C21H22ClN3O3. The summed E-state index contributed by atoms with van der Waals surface area (Å²) in [6, 6.07) is 12.1. The summed E-state index contributed by atoms with van der Waals surface area (Å²) in [4.78, 5) is 24.9. The number of rotatable bonds is 7. The molecule has 28 heavy (non-hydrogen) atoms. The first kappa shape index (κ1) is 20.0. The van der Waals surface area contributed by atoms with Crippen molar-refractivity contribution in [3.8, 4) is 0 Å². The number of aryl methyl sites for hydroxylation is 1. The average Bonchev–Trinajstić information content (AvgIpc) is 2.95. The van der Waals surface area contributed by atoms with Gasteiger partial charge in [0.15, 0.2) is 0 Å². The number of ether oxygens (including phenoxy) is 1. The molecule has 3 aromatic rings. The van der Waals surface area contributed by atoms with E-state index in [9.17, 15) is 9.59 Å². The summed E-state index contributed by atoms with van der Waals surface area (Å²) in [5, 5.41) is 5.00. The molecule has 0 amide bonds. The number of carbonyl (C=O) groups is 1. The van der Waals surface area contributed by atoms with Gasteiger partial charge in [0.25, 0.3) is 5.56 Å². The third kappa shape index (κ3) is 4.24. The Morgan fingerprint density at radius 1 is 1.18 bits per heavy atom. The monoisotopic (exact) mass is 399 g/mol. The van der Waals surface area contributed by atoms with E-state index in [1.807, 2.05) is 24.6 Å². The summed E-state index contributed by atoms with van der Waals surface area (Å²) in [5.74, 6) is -0.0547. The highest BCUT2D eigenvalue weighted by Gasteiger charge is 2.19. The zero-order valence-electron chi connectivity index (χ0n) is 16.1. The lowest BCUT2D eigenvalue weighted by Crippen LogP contribution is -2.25. The average molecular weight is 400 g/mol. The molecule has 0 aliphatic heterocycles. The molecule has 7 heteroatoms. The van der Waals surface area contributed by atoms with Gasteiger partial charge in [0.05, 0.1) is 24.5 Å². The van der Waals surface area contributed by atoms with Crippen molar-refractivity contribution >= 4 is 17.4 Å². The minimum atomic E-state index is -0.164. The van der Waals surface area contributed by atoms with Crippen LogP contribution in [0.5, 0.6) is 0 Å². The van der Waals surface area contributed by atoms with Crippen molar-refractivity contribution in [3.05, 3.63) is 86.0 Å². The maximum atomic E-state index is 12.9. The van der Waals surface area contributed by atoms with E-state index in [1.165, 1.54) is 10.7 Å². The first-order valence-corrected chi connectivity index (χ1v) is 9.30. The van der Waals surface area contributed by atoms with Crippen LogP contribution in [0.25, 0.3) is 0 Å². The highest BCUT2D eigenvalue weighted by molar-refractivity contribution is 6.30. The standard InChI is InChI=1S/C21H22ClN3O3/c1-14-12-18(13-17-8-9-19(26)25(23-17)10-11-28-3)24(2)20(14)21(27)15-4-6-16(22)7-5-15/h4-9,12H,10-11,13H2,1-3H3. The van der Waals surface area contributed by atoms with E-state index in [4.69, 9.17) is 16.3 Å². The number of hydrogen-bond acceptors (Lipinski definition) is 4. The Hall–Kier alpha value is -2.70. The number of nitrogens with zero attached hydrogens (tertiary/aromatic N) is 3. The summed E-state index contributed by atoms with van der Waals surface area (Å²) in [7, 11) is 3.45. The first-order valence-electron chi connectivity index (χ1n) is 8.92. The Bertz CT molecular complexity index is 1050. The fourth-order valence-electron chi connectivity index (χ4n) is 3.17. The van der Waals surface area contributed by atoms with Gasteiger partial charge in [-0.05, 0) is 48.9 Å². The molecule has 0 fully saturated rings. The normalized spacial score (nSPS) is 11.0. The number of hydrogen-bond donors (Lipinski definition) is 0. The SMILES string of the molecule is COCCn1nc(Cc2cc(C)c(C(=O)c3ccc(Cl)cc3)n2C)ccc1=O. The highest BCUT2D eigenvalue weighted by Crippen LogP contribution is 2.21. The molecule has 0 N–H and O–H groups in total. The summed E-state index contributed by atoms with van der Waals surface area (Å²) in [6.45, 7) is 2.73. The molecule has 0 radical (unpaired) electrons. The second kappa shape index (κ2) is 8.54. The second-order valence-electron chi connectivity index (χ2n) is 6.62. The van der Waals surface area contributed by atoms with Crippen molar-refractivity contribution in [2.75, 3.05) is 13.7 Å². The van der Waals surface area contributed by atoms with Crippen molar-refractivity contribution in [3.63, 3.8) is 0 Å². The molecule has 3 rings (SSSR count). The van der Waals surface area contributed by atoms with E-state index >= 15 is 0 Å². The fourth-order valence-corrected chi connectivity index (χ4v) is 3.30. The molecule has 0 aliphatic rings. The van der Waals surface area contributed by atoms with E-state index in [1.54, 1.807) is 37.4 Å². The Balaban J connectivity index is 1.89. The molecule has 0 saturated carbocycles. The summed E-state index contributed by atoms with van der Waals surface area (Å²) in [6.07, 6.45) is 0.512. The van der Waals surface area contributed by atoms with Crippen LogP contribution < -0.4 is 5.56 Å². The summed E-state index contributed by atoms with van der Waals surface area (Å²) >= 11 is 5.92. The van der Waals surface area contributed by atoms with Crippen LogP contribution in [0.1, 0.15) is 33.0 Å². The van der Waals surface area contributed by atoms with Crippen molar-refractivity contribution in [1.29, 1.82) is 0 Å². The van der Waals surface area contributed by atoms with Crippen LogP contribution >= 0.6 is 11.6 Å². The largest absolute Gasteiger partial charge is 0.383 e. The van der Waals surface area contributed by atoms with Gasteiger partial charge in [-0.3, -0.25) is 9.59 Å². The number of carbonyl (C=O) groups excluding carboxylic acids is 1. The lowest BCUT2D eigenvalue weighted by atomic mass is 10.1. The third-order valence-electron chi connectivity index (χ3n) is 4.64. The molecular weight excluding hydrogens is 378 g/mol. The number of benzene rings is 1. The maximum Gasteiger partial charge on any atom is 0.266 e. The predicted octanol–water partition coefficient (Wildman–Crippen LogP) is 3.01. The third-order valence-corrected chi connectivity index (χ3v) is 4.89. The zero-order valence-corrected chi connectivity index (χ0v) is 16.9. The van der Waals surface area contributed by atoms with Gasteiger partial charge in [-0.25, -0.2) is 4.68 Å². The van der Waals surface area contributed by atoms with E-state index in [-0.39, 0.29) is 11.3 Å². The van der Waals surface area contributed by atoms with Crippen molar-refractivity contribution in [2.45, 2.75) is 19.9 Å². The van der Waals surface area contributed by atoms with Crippen LogP contribution in [-0.2, 0) is 24.8 Å². The van der Waals surface area contributed by atoms with Crippen LogP contribution in [0.15, 0.2) is 47.3 Å². The number of halogens is 1. The highest BCUT2D eigenvalue weighted by atomic mass is 35.5. The first-order chi connectivity index (χ1) is 13.4. The van der Waals surface area contributed by atoms with Crippen molar-refractivity contribution in [2.24, 2.45) is 7.05 Å². The second-order valence-corrected chi connectivity index (χ2v) is 7.05. The van der Waals surface area contributed by atoms with Gasteiger partial charge in [-0.2, -0.15) is 5.10 Å². The number of methoxy groups -OCH3 is 1. The molecule has 0 atom stereocenters. The number of aromatic nitrogens is 3. The van der Waals surface area contributed by atoms with E-state index in [0.717, 1.165) is 17.0 Å². The molecule has 1 aromatic carbocycles. The lowest BCUT2D eigenvalue weighted by Gasteiger charge is -2.09. The van der Waals surface area contributed by atoms with E-state index in [0.29, 0.717) is 35.9 Å². The Kier molecular flexibility index (Phi) is 6.11. The van der Waals surface area contributed by atoms with Gasteiger partial charge in [0.2, 0.25) is 5.78 Å². The number of ketones is 1. The van der Waals surface area contributed by atoms with Gasteiger partial charge in [0, 0.05) is 42.9 Å². The van der Waals surface area contributed by atoms with Crippen LogP contribution in [0.2, 0.25) is 5.02 Å².